The van der Waals surface area contributed by atoms with Crippen molar-refractivity contribution in [1.29, 1.82) is 0 Å². The van der Waals surface area contributed by atoms with E-state index in [-0.39, 0.29) is 5.91 Å². The second-order valence-corrected chi connectivity index (χ2v) is 7.30. The Morgan fingerprint density at radius 3 is 2.32 bits per heavy atom. The normalized spacial score (nSPS) is 12.2. The second kappa shape index (κ2) is 8.04. The van der Waals surface area contributed by atoms with Crippen LogP contribution in [0.1, 0.15) is 42.6 Å². The number of nitrogens with one attached hydrogen (secondary N) is 1. The average Bonchev–Trinajstić information content (AvgIpc) is 2.53. The molecular formula is C19H23NOS. The van der Waals surface area contributed by atoms with Gasteiger partial charge in [-0.1, -0.05) is 63.2 Å². The van der Waals surface area contributed by atoms with Crippen LogP contribution in [-0.2, 0) is 0 Å². The molecule has 2 aromatic carbocycles. The number of rotatable bonds is 6. The zero-order valence-electron chi connectivity index (χ0n) is 13.4. The Hall–Kier alpha value is -1.74. The molecule has 0 saturated heterocycles. The minimum Gasteiger partial charge on any atom is -0.351 e. The van der Waals surface area contributed by atoms with Crippen LogP contribution in [0.25, 0.3) is 0 Å². The summed E-state index contributed by atoms with van der Waals surface area (Å²) in [4.78, 5) is 13.5. The summed E-state index contributed by atoms with van der Waals surface area (Å²) in [5.41, 5.74) is 2.01. The van der Waals surface area contributed by atoms with E-state index in [0.717, 1.165) is 10.5 Å². The number of amides is 1. The van der Waals surface area contributed by atoms with Crippen LogP contribution in [0.4, 0.5) is 0 Å². The van der Waals surface area contributed by atoms with Gasteiger partial charge in [0.15, 0.2) is 0 Å². The quantitative estimate of drug-likeness (QED) is 0.782. The van der Waals surface area contributed by atoms with E-state index in [4.69, 9.17) is 0 Å². The molecular weight excluding hydrogens is 290 g/mol. The van der Waals surface area contributed by atoms with E-state index < -0.39 is 0 Å². The second-order valence-electron chi connectivity index (χ2n) is 5.68. The molecule has 0 unspecified atom stereocenters. The molecule has 0 aliphatic rings. The first-order valence-corrected chi connectivity index (χ1v) is 8.54. The van der Waals surface area contributed by atoms with Crippen molar-refractivity contribution in [3.05, 3.63) is 65.7 Å². The molecule has 0 saturated carbocycles. The summed E-state index contributed by atoms with van der Waals surface area (Å²) in [6.45, 7) is 7.04. The number of hydrogen-bond acceptors (Lipinski definition) is 2. The van der Waals surface area contributed by atoms with Gasteiger partial charge in [0.1, 0.15) is 0 Å². The highest BCUT2D eigenvalue weighted by molar-refractivity contribution is 8.00. The number of hydrogen-bond donors (Lipinski definition) is 1. The first-order valence-electron chi connectivity index (χ1n) is 7.66. The predicted molar refractivity (Wildman–Crippen MR) is 94.6 cm³/mol. The molecule has 0 bridgehead atoms. The zero-order chi connectivity index (χ0) is 15.9. The summed E-state index contributed by atoms with van der Waals surface area (Å²) in [5, 5.41) is 3.51. The largest absolute Gasteiger partial charge is 0.351 e. The molecule has 2 aromatic rings. The zero-order valence-corrected chi connectivity index (χ0v) is 14.2. The fraction of sp³-hybridized carbons (Fsp3) is 0.316. The van der Waals surface area contributed by atoms with Crippen molar-refractivity contribution in [3.8, 4) is 0 Å². The number of carbonyl (C=O) groups is 1. The molecule has 1 amide bonds. The van der Waals surface area contributed by atoms with Crippen LogP contribution in [0.15, 0.2) is 59.5 Å². The van der Waals surface area contributed by atoms with Crippen molar-refractivity contribution in [1.82, 2.24) is 5.32 Å². The summed E-state index contributed by atoms with van der Waals surface area (Å²) in [7, 11) is 0. The summed E-state index contributed by atoms with van der Waals surface area (Å²) in [6, 6.07) is 18.1. The van der Waals surface area contributed by atoms with E-state index >= 15 is 0 Å². The minimum atomic E-state index is 0.00605. The highest BCUT2D eigenvalue weighted by Gasteiger charge is 2.13. The van der Waals surface area contributed by atoms with Gasteiger partial charge in [0.25, 0.3) is 5.91 Å². The van der Waals surface area contributed by atoms with Crippen molar-refractivity contribution in [2.24, 2.45) is 0 Å². The van der Waals surface area contributed by atoms with Gasteiger partial charge in [-0.15, -0.1) is 11.8 Å². The topological polar surface area (TPSA) is 29.1 Å². The van der Waals surface area contributed by atoms with Crippen molar-refractivity contribution < 1.29 is 4.79 Å². The third-order valence-electron chi connectivity index (χ3n) is 3.43. The Balaban J connectivity index is 2.01. The Bertz CT molecular complexity index is 610. The molecule has 1 atom stereocenters. The molecule has 116 valence electrons. The van der Waals surface area contributed by atoms with Gasteiger partial charge in [-0.05, 0) is 23.6 Å². The van der Waals surface area contributed by atoms with E-state index in [1.165, 1.54) is 5.56 Å². The highest BCUT2D eigenvalue weighted by atomic mass is 32.2. The molecule has 0 fully saturated rings. The Kier molecular flexibility index (Phi) is 6.08. The standard InChI is InChI=1S/C19H23NOS/c1-14(2)22-18-12-8-7-11-17(18)19(21)20-13-15(3)16-9-5-4-6-10-16/h4-12,14-15H,13H2,1-3H3,(H,20,21)/t15-/m0/s1. The lowest BCUT2D eigenvalue weighted by Crippen LogP contribution is -2.28. The maximum atomic E-state index is 12.5. The highest BCUT2D eigenvalue weighted by Crippen LogP contribution is 2.26. The van der Waals surface area contributed by atoms with Crippen molar-refractivity contribution >= 4 is 17.7 Å². The summed E-state index contributed by atoms with van der Waals surface area (Å²) in [6.07, 6.45) is 0. The molecule has 0 aliphatic heterocycles. The summed E-state index contributed by atoms with van der Waals surface area (Å²) >= 11 is 1.72. The van der Waals surface area contributed by atoms with Crippen LogP contribution in [-0.4, -0.2) is 17.7 Å². The maximum absolute atomic E-state index is 12.5. The van der Waals surface area contributed by atoms with Gasteiger partial charge in [-0.2, -0.15) is 0 Å². The number of benzene rings is 2. The van der Waals surface area contributed by atoms with E-state index in [1.54, 1.807) is 11.8 Å². The molecule has 0 spiro atoms. The van der Waals surface area contributed by atoms with E-state index in [9.17, 15) is 4.79 Å². The van der Waals surface area contributed by atoms with Crippen LogP contribution >= 0.6 is 11.8 Å². The van der Waals surface area contributed by atoms with Gasteiger partial charge >= 0.3 is 0 Å². The van der Waals surface area contributed by atoms with Gasteiger partial charge in [-0.25, -0.2) is 0 Å². The lowest BCUT2D eigenvalue weighted by atomic mass is 10.0. The number of carbonyl (C=O) groups excluding carboxylic acids is 1. The molecule has 0 radical (unpaired) electrons. The van der Waals surface area contributed by atoms with Gasteiger partial charge in [0, 0.05) is 16.7 Å². The van der Waals surface area contributed by atoms with Gasteiger partial charge in [0.2, 0.25) is 0 Å². The fourth-order valence-electron chi connectivity index (χ4n) is 2.25. The van der Waals surface area contributed by atoms with E-state index in [2.05, 4.69) is 38.2 Å². The Morgan fingerprint density at radius 1 is 1.00 bits per heavy atom. The van der Waals surface area contributed by atoms with Gasteiger partial charge < -0.3 is 5.32 Å². The lowest BCUT2D eigenvalue weighted by Gasteiger charge is -2.15. The molecule has 0 heterocycles. The molecule has 0 aliphatic carbocycles. The summed E-state index contributed by atoms with van der Waals surface area (Å²) in [5.74, 6) is 0.307. The van der Waals surface area contributed by atoms with Crippen molar-refractivity contribution in [3.63, 3.8) is 0 Å². The summed E-state index contributed by atoms with van der Waals surface area (Å²) < 4.78 is 0. The smallest absolute Gasteiger partial charge is 0.252 e. The Morgan fingerprint density at radius 2 is 1.64 bits per heavy atom. The molecule has 1 N–H and O–H groups in total. The monoisotopic (exact) mass is 313 g/mol. The predicted octanol–water partition coefficient (Wildman–Crippen LogP) is 4.72. The molecule has 22 heavy (non-hydrogen) atoms. The van der Waals surface area contributed by atoms with Crippen LogP contribution in [0.5, 0.6) is 0 Å². The lowest BCUT2D eigenvalue weighted by molar-refractivity contribution is 0.0948. The molecule has 0 aromatic heterocycles. The van der Waals surface area contributed by atoms with Crippen molar-refractivity contribution in [2.75, 3.05) is 6.54 Å². The third-order valence-corrected chi connectivity index (χ3v) is 4.51. The van der Waals surface area contributed by atoms with Gasteiger partial charge in [-0.3, -0.25) is 4.79 Å². The van der Waals surface area contributed by atoms with Gasteiger partial charge in [0.05, 0.1) is 5.56 Å². The van der Waals surface area contributed by atoms with E-state index in [0.29, 0.717) is 17.7 Å². The molecule has 2 nitrogen and oxygen atoms in total. The Labute approximate surface area is 137 Å². The van der Waals surface area contributed by atoms with Crippen LogP contribution in [0, 0.1) is 0 Å². The molecule has 3 heteroatoms. The van der Waals surface area contributed by atoms with Crippen LogP contribution in [0.3, 0.4) is 0 Å². The fourth-order valence-corrected chi connectivity index (χ4v) is 3.20. The number of thioether (sulfide) groups is 1. The van der Waals surface area contributed by atoms with Crippen LogP contribution < -0.4 is 5.32 Å². The first kappa shape index (κ1) is 16.6. The minimum absolute atomic E-state index is 0.00605. The average molecular weight is 313 g/mol. The molecule has 2 rings (SSSR count). The van der Waals surface area contributed by atoms with Crippen LogP contribution in [0.2, 0.25) is 0 Å². The SMILES string of the molecule is CC(C)Sc1ccccc1C(=O)NC[C@H](C)c1ccccc1. The van der Waals surface area contributed by atoms with Crippen molar-refractivity contribution in [2.45, 2.75) is 36.8 Å². The van der Waals surface area contributed by atoms with E-state index in [1.807, 2.05) is 42.5 Å². The maximum Gasteiger partial charge on any atom is 0.252 e. The first-order chi connectivity index (χ1) is 10.6. The third kappa shape index (κ3) is 4.63.